The van der Waals surface area contributed by atoms with Crippen molar-refractivity contribution < 1.29 is 0 Å². The Hall–Kier alpha value is -2.74. The van der Waals surface area contributed by atoms with Crippen LogP contribution in [0.3, 0.4) is 0 Å². The zero-order valence-electron chi connectivity index (χ0n) is 59.4. The van der Waals surface area contributed by atoms with Gasteiger partial charge in [0, 0.05) is 0 Å². The molecule has 0 heterocycles. The maximum atomic E-state index is 4.12. The van der Waals surface area contributed by atoms with Crippen LogP contribution < -0.4 is 0 Å². The third kappa shape index (κ3) is 17.0. The highest BCUT2D eigenvalue weighted by atomic mass is 28.3. The van der Waals surface area contributed by atoms with Gasteiger partial charge in [-0.05, 0) is 123 Å². The number of hydrogen-bond donors (Lipinski definition) is 0. The van der Waals surface area contributed by atoms with Crippen molar-refractivity contribution in [2.24, 2.45) is 0 Å². The molecule has 0 N–H and O–H groups in total. The first-order valence-electron chi connectivity index (χ1n) is 32.2. The lowest BCUT2D eigenvalue weighted by Gasteiger charge is -2.38. The van der Waals surface area contributed by atoms with Gasteiger partial charge in [0.1, 0.15) is 48.4 Å². The summed E-state index contributed by atoms with van der Waals surface area (Å²) >= 11 is 0. The van der Waals surface area contributed by atoms with Crippen molar-refractivity contribution in [1.82, 2.24) is 0 Å². The van der Waals surface area contributed by atoms with E-state index in [9.17, 15) is 0 Å². The van der Waals surface area contributed by atoms with E-state index in [2.05, 4.69) is 342 Å². The molecule has 6 heteroatoms. The molecule has 0 radical (unpaired) electrons. The fourth-order valence-electron chi connectivity index (χ4n) is 16.4. The van der Waals surface area contributed by atoms with Crippen molar-refractivity contribution in [3.63, 3.8) is 0 Å². The van der Waals surface area contributed by atoms with Gasteiger partial charge in [-0.25, -0.2) is 0 Å². The summed E-state index contributed by atoms with van der Waals surface area (Å²) in [5, 5.41) is 0. The van der Waals surface area contributed by atoms with Crippen LogP contribution in [0.2, 0.25) is 99.7 Å². The molecule has 80 heavy (non-hydrogen) atoms. The third-order valence-corrected chi connectivity index (χ3v) is 58.3. The Morgan fingerprint density at radius 1 is 0.150 bits per heavy atom. The van der Waals surface area contributed by atoms with Gasteiger partial charge in [-0.2, -0.15) is 0 Å². The van der Waals surface area contributed by atoms with Gasteiger partial charge in [0.2, 0.25) is 0 Å². The molecule has 0 bridgehead atoms. The lowest BCUT2D eigenvalue weighted by molar-refractivity contribution is 0.838. The highest BCUT2D eigenvalue weighted by Gasteiger charge is 2.46. The molecule has 0 atom stereocenters. The predicted octanol–water partition coefficient (Wildman–Crippen LogP) is 22.9. The van der Waals surface area contributed by atoms with Gasteiger partial charge in [-0.1, -0.05) is 285 Å². The van der Waals surface area contributed by atoms with Gasteiger partial charge in [-0.15, -0.1) is 33.3 Å². The van der Waals surface area contributed by atoms with Gasteiger partial charge < -0.3 is 0 Å². The van der Waals surface area contributed by atoms with E-state index in [-0.39, 0.29) is 0 Å². The molecular weight excluding hydrogens is 1060 g/mol. The Kier molecular flexibility index (Phi) is 31.4. The molecule has 0 aromatic rings. The van der Waals surface area contributed by atoms with Crippen LogP contribution in [0.15, 0.2) is 22.3 Å². The molecule has 0 amide bonds. The van der Waals surface area contributed by atoms with E-state index in [0.717, 1.165) is 22.3 Å². The highest BCUT2D eigenvalue weighted by Crippen LogP contribution is 2.46. The fourth-order valence-corrected chi connectivity index (χ4v) is 47.7. The van der Waals surface area contributed by atoms with Gasteiger partial charge in [-0.3, -0.25) is 0 Å². The highest BCUT2D eigenvalue weighted by molar-refractivity contribution is 6.93. The first-order chi connectivity index (χ1) is 36.5. The normalized spacial score (nSPS) is 12.7. The van der Waals surface area contributed by atoms with E-state index in [0.29, 0.717) is 99.7 Å². The molecule has 0 aromatic heterocycles. The van der Waals surface area contributed by atoms with Gasteiger partial charge in [0.15, 0.2) is 0 Å². The minimum Gasteiger partial charge on any atom is -0.124 e. The second-order valence-corrected chi connectivity index (χ2v) is 63.4. The van der Waals surface area contributed by atoms with E-state index < -0.39 is 48.4 Å². The Balaban J connectivity index is 10.8. The van der Waals surface area contributed by atoms with Crippen LogP contribution in [0, 0.1) is 92.5 Å². The van der Waals surface area contributed by atoms with Crippen LogP contribution in [-0.4, -0.2) is 48.4 Å². The van der Waals surface area contributed by atoms with Crippen LogP contribution in [0.4, 0.5) is 0 Å². The molecule has 0 unspecified atom stereocenters. The van der Waals surface area contributed by atoms with Crippen molar-refractivity contribution in [2.45, 2.75) is 349 Å². The van der Waals surface area contributed by atoms with Crippen LogP contribution in [0.1, 0.15) is 249 Å². The van der Waals surface area contributed by atoms with Gasteiger partial charge in [0.05, 0.1) is 22.3 Å². The maximum absolute atomic E-state index is 4.12. The molecule has 0 saturated heterocycles. The summed E-state index contributed by atoms with van der Waals surface area (Å²) in [7, 11) is -13.2. The van der Waals surface area contributed by atoms with Crippen LogP contribution >= 0.6 is 0 Å². The van der Waals surface area contributed by atoms with Gasteiger partial charge >= 0.3 is 0 Å². The first-order valence-corrected chi connectivity index (χ1v) is 45.6. The smallest absolute Gasteiger partial charge is 0.124 e. The molecule has 446 valence electrons. The minimum absolute atomic E-state index is 0.452. The van der Waals surface area contributed by atoms with Crippen molar-refractivity contribution >= 4 is 48.4 Å². The molecule has 0 saturated carbocycles. The van der Waals surface area contributed by atoms with E-state index >= 15 is 0 Å². The molecule has 0 aliphatic rings. The van der Waals surface area contributed by atoms with Crippen LogP contribution in [0.25, 0.3) is 0 Å². The summed E-state index contributed by atoms with van der Waals surface area (Å²) < 4.78 is 0. The fraction of sp³-hybridized carbons (Fsp3) is 0.730. The lowest BCUT2D eigenvalue weighted by atomic mass is 10.1. The van der Waals surface area contributed by atoms with E-state index in [1.165, 1.54) is 0 Å². The molecule has 0 aliphatic heterocycles. The summed E-state index contributed by atoms with van der Waals surface area (Å²) in [5.74, 6) is 37.8. The first kappa shape index (κ1) is 77.3. The SMILES string of the molecule is CC(C)[Si](C#CC(C#CC#CC(C#C[Si](C(C)C)(C(C)C)C(C)C)=C(C#C[Si](C(C)C)(C(C)C)C(C)C)C#C[Si](C(C)C)(C(C)C)C(C)C)=C(C#C[Si](C(C)C)(C(C)C)C(C)C)C#C[Si](C(C)C)(C(C)C)C(C)C)(C(C)C)C(C)C. The largest absolute Gasteiger partial charge is 0.146 e. The average Bonchev–Trinajstić information content (AvgIpc) is 3.29. The molecule has 0 fully saturated rings. The number of rotatable bonds is 18. The second-order valence-electron chi connectivity index (χ2n) is 29.9. The van der Waals surface area contributed by atoms with Crippen LogP contribution in [-0.2, 0) is 0 Å². The van der Waals surface area contributed by atoms with Crippen LogP contribution in [0.5, 0.6) is 0 Å². The zero-order chi connectivity index (χ0) is 63.0. The maximum Gasteiger partial charge on any atom is 0.146 e. The van der Waals surface area contributed by atoms with Crippen molar-refractivity contribution in [3.05, 3.63) is 22.3 Å². The summed E-state index contributed by atoms with van der Waals surface area (Å²) in [5.41, 5.74) is 36.0. The Labute approximate surface area is 508 Å². The zero-order valence-corrected chi connectivity index (χ0v) is 65.4. The molecular formula is C74H126Si6. The average molecular weight is 1180 g/mol. The summed E-state index contributed by atoms with van der Waals surface area (Å²) in [6.45, 7) is 86.2. The van der Waals surface area contributed by atoms with Gasteiger partial charge in [0.25, 0.3) is 0 Å². The predicted molar refractivity (Wildman–Crippen MR) is 383 cm³/mol. The number of hydrogen-bond acceptors (Lipinski definition) is 0. The second kappa shape index (κ2) is 32.5. The Morgan fingerprint density at radius 2 is 0.237 bits per heavy atom. The molecule has 0 aromatic carbocycles. The number of allylic oxidation sites excluding steroid dienone is 4. The Morgan fingerprint density at radius 3 is 0.325 bits per heavy atom. The minimum atomic E-state index is -2.22. The monoisotopic (exact) mass is 1180 g/mol. The molecule has 0 rings (SSSR count). The topological polar surface area (TPSA) is 0 Å². The molecule has 0 spiro atoms. The summed E-state index contributed by atoms with van der Waals surface area (Å²) in [6, 6.07) is 0. The van der Waals surface area contributed by atoms with Crippen molar-refractivity contribution in [3.8, 4) is 92.5 Å². The third-order valence-electron chi connectivity index (χ3n) is 20.6. The van der Waals surface area contributed by atoms with E-state index in [4.69, 9.17) is 0 Å². The quantitative estimate of drug-likeness (QED) is 0.0948. The van der Waals surface area contributed by atoms with Crippen molar-refractivity contribution in [2.75, 3.05) is 0 Å². The van der Waals surface area contributed by atoms with Crippen molar-refractivity contribution in [1.29, 1.82) is 0 Å². The summed E-state index contributed by atoms with van der Waals surface area (Å²) in [4.78, 5) is 0. The molecule has 0 aliphatic carbocycles. The van der Waals surface area contributed by atoms with E-state index in [1.54, 1.807) is 0 Å². The van der Waals surface area contributed by atoms with E-state index in [1.807, 2.05) is 0 Å². The Bertz CT molecular complexity index is 2200. The standard InChI is InChI=1S/C74H126Si6/c1-53(2)75(54(3)4,55(5)6)47-41-71(73(43-49-77(59(13)14,60(15)16)61(17)18)44-50-78(62(19)20,63(21)22)64(23)24)39-37-38-40-72(42-48-76(56(7)8,57(9)10)58(11)12)74(45-51-79(65(25)26,66(27)28)67(29)30)46-52-80(68(31)32,69(33)34)70(35)36/h53-70H,1-36H3. The molecule has 0 nitrogen and oxygen atoms in total. The summed E-state index contributed by atoms with van der Waals surface area (Å²) in [6.07, 6.45) is 0. The lowest BCUT2D eigenvalue weighted by Crippen LogP contribution is -2.43.